The summed E-state index contributed by atoms with van der Waals surface area (Å²) in [6, 6.07) is 19.6. The van der Waals surface area contributed by atoms with Crippen molar-refractivity contribution < 1.29 is 19.4 Å². The lowest BCUT2D eigenvalue weighted by molar-refractivity contribution is 0.158. The summed E-state index contributed by atoms with van der Waals surface area (Å²) in [6.45, 7) is 0.284. The predicted molar refractivity (Wildman–Crippen MR) is 106 cm³/mol. The van der Waals surface area contributed by atoms with Gasteiger partial charge in [-0.25, -0.2) is 9.78 Å². The number of benzene rings is 2. The smallest absolute Gasteiger partial charge is 0.411 e. The highest BCUT2D eigenvalue weighted by molar-refractivity contribution is 5.85. The van der Waals surface area contributed by atoms with E-state index in [1.165, 1.54) is 28.5 Å². The van der Waals surface area contributed by atoms with Crippen LogP contribution >= 0.6 is 0 Å². The highest BCUT2D eigenvalue weighted by Gasteiger charge is 2.28. The molecule has 4 rings (SSSR count). The summed E-state index contributed by atoms with van der Waals surface area (Å²) in [5.41, 5.74) is 5.22. The third kappa shape index (κ3) is 3.68. The van der Waals surface area contributed by atoms with E-state index < -0.39 is 6.09 Å². The third-order valence-electron chi connectivity index (χ3n) is 4.67. The maximum Gasteiger partial charge on any atom is 0.411 e. The topological polar surface area (TPSA) is 80.7 Å². The zero-order chi connectivity index (χ0) is 19.3. The number of aliphatic hydroxyl groups is 1. The predicted octanol–water partition coefficient (Wildman–Crippen LogP) is 3.81. The van der Waals surface area contributed by atoms with Gasteiger partial charge in [0.15, 0.2) is 0 Å². The van der Waals surface area contributed by atoms with Crippen molar-refractivity contribution in [1.29, 1.82) is 0 Å². The summed E-state index contributed by atoms with van der Waals surface area (Å²) in [5.74, 6) is 0.338. The van der Waals surface area contributed by atoms with E-state index >= 15 is 0 Å². The Kier molecular flexibility index (Phi) is 5.21. The molecule has 0 spiro atoms. The minimum Gasteiger partial charge on any atom is -0.475 e. The van der Waals surface area contributed by atoms with Gasteiger partial charge in [-0.2, -0.15) is 0 Å². The number of ether oxygens (including phenoxy) is 2. The number of pyridine rings is 1. The van der Waals surface area contributed by atoms with Crippen LogP contribution in [0.3, 0.4) is 0 Å². The summed E-state index contributed by atoms with van der Waals surface area (Å²) in [5, 5.41) is 11.5. The van der Waals surface area contributed by atoms with Crippen LogP contribution in [0.5, 0.6) is 5.88 Å². The molecule has 0 aliphatic heterocycles. The first-order valence-electron chi connectivity index (χ1n) is 9.08. The zero-order valence-electron chi connectivity index (χ0n) is 15.2. The molecule has 0 saturated heterocycles. The molecule has 0 saturated carbocycles. The highest BCUT2D eigenvalue weighted by atomic mass is 16.5. The van der Waals surface area contributed by atoms with Crippen molar-refractivity contribution in [3.63, 3.8) is 0 Å². The molecule has 6 nitrogen and oxygen atoms in total. The lowest BCUT2D eigenvalue weighted by Crippen LogP contribution is -2.18. The van der Waals surface area contributed by atoms with Crippen molar-refractivity contribution >= 4 is 11.8 Å². The monoisotopic (exact) mass is 376 g/mol. The van der Waals surface area contributed by atoms with Gasteiger partial charge in [0, 0.05) is 18.2 Å². The van der Waals surface area contributed by atoms with E-state index in [2.05, 4.69) is 34.6 Å². The van der Waals surface area contributed by atoms with E-state index in [-0.39, 0.29) is 25.7 Å². The Bertz CT molecular complexity index is 944. The Morgan fingerprint density at radius 2 is 1.71 bits per heavy atom. The van der Waals surface area contributed by atoms with E-state index in [4.69, 9.17) is 14.6 Å². The van der Waals surface area contributed by atoms with Crippen LogP contribution in [0.15, 0.2) is 66.9 Å². The van der Waals surface area contributed by atoms with Crippen molar-refractivity contribution in [2.24, 2.45) is 0 Å². The molecule has 28 heavy (non-hydrogen) atoms. The van der Waals surface area contributed by atoms with Crippen LogP contribution in [0.4, 0.5) is 10.5 Å². The number of carbonyl (C=O) groups excluding carboxylic acids is 1. The fraction of sp³-hybridized carbons (Fsp3) is 0.182. The van der Waals surface area contributed by atoms with E-state index in [1.807, 2.05) is 24.3 Å². The number of fused-ring (bicyclic) bond motifs is 3. The first-order chi connectivity index (χ1) is 13.8. The zero-order valence-corrected chi connectivity index (χ0v) is 15.2. The molecule has 0 radical (unpaired) electrons. The number of amides is 1. The molecule has 0 unspecified atom stereocenters. The average molecular weight is 376 g/mol. The van der Waals surface area contributed by atoms with E-state index in [1.54, 1.807) is 12.1 Å². The van der Waals surface area contributed by atoms with Gasteiger partial charge in [-0.3, -0.25) is 5.32 Å². The maximum absolute atomic E-state index is 12.3. The molecule has 0 bridgehead atoms. The van der Waals surface area contributed by atoms with Gasteiger partial charge in [-0.05, 0) is 28.3 Å². The fourth-order valence-electron chi connectivity index (χ4n) is 3.47. The summed E-state index contributed by atoms with van der Waals surface area (Å²) < 4.78 is 10.8. The SMILES string of the molecule is O=C(Nc1ccnc(OCCO)c1)OCC1c2ccccc2-c2ccccc21. The number of rotatable bonds is 6. The van der Waals surface area contributed by atoms with Gasteiger partial charge in [0.1, 0.15) is 13.2 Å². The Balaban J connectivity index is 1.43. The quantitative estimate of drug-likeness (QED) is 0.684. The third-order valence-corrected chi connectivity index (χ3v) is 4.67. The minimum absolute atomic E-state index is 0.0130. The number of anilines is 1. The van der Waals surface area contributed by atoms with Crippen molar-refractivity contribution in [1.82, 2.24) is 4.98 Å². The lowest BCUT2D eigenvalue weighted by atomic mass is 9.98. The number of nitrogens with zero attached hydrogens (tertiary/aromatic N) is 1. The van der Waals surface area contributed by atoms with Crippen LogP contribution in [0.2, 0.25) is 0 Å². The first kappa shape index (κ1) is 18.0. The molecule has 2 N–H and O–H groups in total. The number of hydrogen-bond acceptors (Lipinski definition) is 5. The Hall–Kier alpha value is -3.38. The van der Waals surface area contributed by atoms with Gasteiger partial charge in [0.2, 0.25) is 5.88 Å². The summed E-state index contributed by atoms with van der Waals surface area (Å²) >= 11 is 0. The molecule has 3 aromatic rings. The van der Waals surface area contributed by atoms with E-state index in [0.717, 1.165) is 0 Å². The molecule has 1 aliphatic carbocycles. The normalized spacial score (nSPS) is 12.2. The molecule has 2 aromatic carbocycles. The van der Waals surface area contributed by atoms with Crippen molar-refractivity contribution in [2.75, 3.05) is 25.1 Å². The second-order valence-electron chi connectivity index (χ2n) is 6.41. The van der Waals surface area contributed by atoms with Crippen molar-refractivity contribution in [3.05, 3.63) is 78.0 Å². The van der Waals surface area contributed by atoms with E-state index in [0.29, 0.717) is 11.6 Å². The molecule has 0 fully saturated rings. The number of aliphatic hydroxyl groups excluding tert-OH is 1. The van der Waals surface area contributed by atoms with Gasteiger partial charge < -0.3 is 14.6 Å². The van der Waals surface area contributed by atoms with Crippen LogP contribution in [0.25, 0.3) is 11.1 Å². The van der Waals surface area contributed by atoms with Crippen molar-refractivity contribution in [3.8, 4) is 17.0 Å². The Morgan fingerprint density at radius 3 is 2.39 bits per heavy atom. The second kappa shape index (κ2) is 8.10. The Morgan fingerprint density at radius 1 is 1.04 bits per heavy atom. The molecular weight excluding hydrogens is 356 g/mol. The van der Waals surface area contributed by atoms with Crippen LogP contribution in [-0.4, -0.2) is 36.0 Å². The van der Waals surface area contributed by atoms with Crippen LogP contribution < -0.4 is 10.1 Å². The largest absolute Gasteiger partial charge is 0.475 e. The number of nitrogens with one attached hydrogen (secondary N) is 1. The standard InChI is InChI=1S/C22H20N2O4/c25-11-12-27-21-13-15(9-10-23-21)24-22(26)28-14-20-18-7-3-1-5-16(18)17-6-2-4-8-19(17)20/h1-10,13,20,25H,11-12,14H2,(H,23,24,26). The van der Waals surface area contributed by atoms with Gasteiger partial charge in [-0.1, -0.05) is 48.5 Å². The van der Waals surface area contributed by atoms with E-state index in [9.17, 15) is 4.79 Å². The molecule has 6 heteroatoms. The number of aromatic nitrogens is 1. The van der Waals surface area contributed by atoms with Gasteiger partial charge >= 0.3 is 6.09 Å². The average Bonchev–Trinajstić information content (AvgIpc) is 3.05. The molecule has 1 aromatic heterocycles. The van der Waals surface area contributed by atoms with Crippen LogP contribution in [-0.2, 0) is 4.74 Å². The fourth-order valence-corrected chi connectivity index (χ4v) is 3.47. The molecule has 142 valence electrons. The highest BCUT2D eigenvalue weighted by Crippen LogP contribution is 2.44. The summed E-state index contributed by atoms with van der Waals surface area (Å²) in [7, 11) is 0. The molecule has 1 amide bonds. The second-order valence-corrected chi connectivity index (χ2v) is 6.41. The van der Waals surface area contributed by atoms with Gasteiger partial charge in [0.25, 0.3) is 0 Å². The molecule has 1 heterocycles. The number of carbonyl (C=O) groups is 1. The van der Waals surface area contributed by atoms with Gasteiger partial charge in [0.05, 0.1) is 12.3 Å². The van der Waals surface area contributed by atoms with Crippen LogP contribution in [0, 0.1) is 0 Å². The molecule has 1 aliphatic rings. The molecule has 0 atom stereocenters. The van der Waals surface area contributed by atoms with Crippen LogP contribution in [0.1, 0.15) is 17.0 Å². The lowest BCUT2D eigenvalue weighted by Gasteiger charge is -2.14. The minimum atomic E-state index is -0.541. The van der Waals surface area contributed by atoms with Gasteiger partial charge in [-0.15, -0.1) is 0 Å². The summed E-state index contributed by atoms with van der Waals surface area (Å²) in [6.07, 6.45) is 0.979. The first-order valence-corrected chi connectivity index (χ1v) is 9.08. The van der Waals surface area contributed by atoms with Crippen molar-refractivity contribution in [2.45, 2.75) is 5.92 Å². The summed E-state index contributed by atoms with van der Waals surface area (Å²) in [4.78, 5) is 16.3. The Labute approximate surface area is 162 Å². The molecular formula is C22H20N2O4. The number of hydrogen-bond donors (Lipinski definition) is 2. The maximum atomic E-state index is 12.3.